The van der Waals surface area contributed by atoms with Crippen LogP contribution < -0.4 is 4.74 Å². The van der Waals surface area contributed by atoms with Gasteiger partial charge in [-0.25, -0.2) is 24.1 Å². The number of nitriles is 1. The van der Waals surface area contributed by atoms with Crippen LogP contribution in [0.4, 0.5) is 4.39 Å². The van der Waals surface area contributed by atoms with Crippen molar-refractivity contribution in [1.82, 2.24) is 34.0 Å². The zero-order valence-corrected chi connectivity index (χ0v) is 24.7. The number of carboxylic acids is 1. The molecular weight excluding hydrogens is 575 g/mol. The molecule has 3 aromatic heterocycles. The van der Waals surface area contributed by atoms with Gasteiger partial charge in [0, 0.05) is 42.5 Å². The molecule has 2 atom stereocenters. The third-order valence-electron chi connectivity index (χ3n) is 9.12. The van der Waals surface area contributed by atoms with E-state index in [9.17, 15) is 14.3 Å². The summed E-state index contributed by atoms with van der Waals surface area (Å²) < 4.78 is 24.3. The van der Waals surface area contributed by atoms with Gasteiger partial charge in [0.25, 0.3) is 0 Å². The van der Waals surface area contributed by atoms with Crippen LogP contribution in [0.1, 0.15) is 58.6 Å². The van der Waals surface area contributed by atoms with Gasteiger partial charge < -0.3 is 19.0 Å². The van der Waals surface area contributed by atoms with E-state index in [1.54, 1.807) is 42.6 Å². The van der Waals surface area contributed by atoms with Crippen molar-refractivity contribution in [3.05, 3.63) is 101 Å². The maximum absolute atomic E-state index is 14.3. The molecule has 5 aromatic rings. The summed E-state index contributed by atoms with van der Waals surface area (Å²) in [5.41, 5.74) is 3.32. The monoisotopic (exact) mass is 606 g/mol. The molecule has 1 aliphatic carbocycles. The van der Waals surface area contributed by atoms with Crippen LogP contribution in [0.25, 0.3) is 11.0 Å². The number of hydrogen-bond acceptors (Lipinski definition) is 8. The Hall–Kier alpha value is -5.15. The number of carbonyl (C=O) groups is 1. The average Bonchev–Trinajstić information content (AvgIpc) is 3.45. The Morgan fingerprint density at radius 2 is 2.09 bits per heavy atom. The molecule has 45 heavy (non-hydrogen) atoms. The SMILES string of the molecule is CCn1cncc1Cn1c(CN2CC[C@]3(c4nccc(OCc5ccc(C#N)cc5F)n4)C[C@@H]3C2)nc2ccc(C(=O)O)cc21. The first-order valence-electron chi connectivity index (χ1n) is 15.0. The lowest BCUT2D eigenvalue weighted by Crippen LogP contribution is -2.37. The van der Waals surface area contributed by atoms with Gasteiger partial charge in [-0.05, 0) is 62.6 Å². The van der Waals surface area contributed by atoms with Crippen molar-refractivity contribution in [2.75, 3.05) is 13.1 Å². The first kappa shape index (κ1) is 28.6. The average molecular weight is 607 g/mol. The molecule has 1 saturated heterocycles. The standard InChI is InChI=1S/C33H31FN8O3/c1-2-41-20-36-15-25(41)17-42-28-12-22(31(43)44)5-6-27(28)38-29(42)18-40-10-8-33(13-24(33)16-40)32-37-9-7-30(39-32)45-19-23-4-3-21(14-35)11-26(23)34/h3-7,9,11-12,15,20,24H,2,8,10,13,16-19H2,1H3,(H,43,44)/t24-,33+/m1/s1. The molecule has 0 unspecified atom stereocenters. The first-order chi connectivity index (χ1) is 21.9. The second-order valence-corrected chi connectivity index (χ2v) is 11.8. The van der Waals surface area contributed by atoms with Crippen molar-refractivity contribution in [2.45, 2.75) is 51.4 Å². The molecule has 12 heteroatoms. The number of aromatic carboxylic acids is 1. The second kappa shape index (κ2) is 11.4. The largest absolute Gasteiger partial charge is 0.478 e. The van der Waals surface area contributed by atoms with Crippen molar-refractivity contribution in [3.63, 3.8) is 0 Å². The highest BCUT2D eigenvalue weighted by Crippen LogP contribution is 2.58. The van der Waals surface area contributed by atoms with E-state index >= 15 is 0 Å². The molecule has 2 aliphatic rings. The van der Waals surface area contributed by atoms with E-state index < -0.39 is 11.8 Å². The summed E-state index contributed by atoms with van der Waals surface area (Å²) in [6.07, 6.45) is 7.21. The maximum Gasteiger partial charge on any atom is 0.335 e. The Bertz CT molecular complexity index is 1960. The molecule has 11 nitrogen and oxygen atoms in total. The predicted octanol–water partition coefficient (Wildman–Crippen LogP) is 4.54. The van der Waals surface area contributed by atoms with Gasteiger partial charge in [-0.1, -0.05) is 6.07 Å². The van der Waals surface area contributed by atoms with E-state index in [1.807, 2.05) is 18.6 Å². The lowest BCUT2D eigenvalue weighted by molar-refractivity contribution is 0.0697. The Kier molecular flexibility index (Phi) is 7.25. The van der Waals surface area contributed by atoms with Crippen LogP contribution in [-0.4, -0.2) is 58.1 Å². The molecule has 2 fully saturated rings. The number of aryl methyl sites for hydroxylation is 1. The van der Waals surface area contributed by atoms with E-state index in [0.29, 0.717) is 30.5 Å². The fraction of sp³-hybridized carbons (Fsp3) is 0.333. The summed E-state index contributed by atoms with van der Waals surface area (Å²) in [5.74, 6) is 0.965. The highest BCUT2D eigenvalue weighted by atomic mass is 19.1. The quantitative estimate of drug-likeness (QED) is 0.243. The van der Waals surface area contributed by atoms with Gasteiger partial charge in [0.2, 0.25) is 5.88 Å². The number of aromatic nitrogens is 6. The van der Waals surface area contributed by atoms with Crippen LogP contribution in [0, 0.1) is 23.1 Å². The van der Waals surface area contributed by atoms with Gasteiger partial charge in [-0.2, -0.15) is 10.2 Å². The number of hydrogen-bond donors (Lipinski definition) is 1. The summed E-state index contributed by atoms with van der Waals surface area (Å²) in [7, 11) is 0. The number of carboxylic acid groups (broad SMARTS) is 1. The molecule has 1 aliphatic heterocycles. The van der Waals surface area contributed by atoms with Crippen LogP contribution in [0.15, 0.2) is 61.2 Å². The van der Waals surface area contributed by atoms with Crippen molar-refractivity contribution < 1.29 is 19.0 Å². The third kappa shape index (κ3) is 5.40. The van der Waals surface area contributed by atoms with E-state index in [1.165, 1.54) is 6.07 Å². The fourth-order valence-electron chi connectivity index (χ4n) is 6.49. The van der Waals surface area contributed by atoms with Gasteiger partial charge >= 0.3 is 5.97 Å². The molecular formula is C33H31FN8O3. The topological polar surface area (TPSA) is 135 Å². The van der Waals surface area contributed by atoms with Crippen molar-refractivity contribution in [2.24, 2.45) is 5.92 Å². The highest BCUT2D eigenvalue weighted by Gasteiger charge is 2.59. The third-order valence-corrected chi connectivity index (χ3v) is 9.12. The van der Waals surface area contributed by atoms with Gasteiger partial charge in [-0.15, -0.1) is 0 Å². The summed E-state index contributed by atoms with van der Waals surface area (Å²) in [5, 5.41) is 18.6. The van der Waals surface area contributed by atoms with Crippen molar-refractivity contribution in [3.8, 4) is 11.9 Å². The van der Waals surface area contributed by atoms with Gasteiger partial charge in [0.15, 0.2) is 0 Å². The Morgan fingerprint density at radius 1 is 1.20 bits per heavy atom. The molecule has 0 radical (unpaired) electrons. The number of fused-ring (bicyclic) bond motifs is 2. The van der Waals surface area contributed by atoms with Crippen molar-refractivity contribution >= 4 is 17.0 Å². The Labute approximate surface area is 258 Å². The smallest absolute Gasteiger partial charge is 0.335 e. The number of ether oxygens (including phenoxy) is 1. The maximum atomic E-state index is 14.3. The summed E-state index contributed by atoms with van der Waals surface area (Å²) >= 11 is 0. The summed E-state index contributed by atoms with van der Waals surface area (Å²) in [4.78, 5) is 32.7. The van der Waals surface area contributed by atoms with Crippen LogP contribution in [0.3, 0.4) is 0 Å². The predicted molar refractivity (Wildman–Crippen MR) is 161 cm³/mol. The van der Waals surface area contributed by atoms with E-state index in [4.69, 9.17) is 20.0 Å². The Balaban J connectivity index is 1.07. The zero-order chi connectivity index (χ0) is 31.1. The highest BCUT2D eigenvalue weighted by molar-refractivity contribution is 5.92. The molecule has 1 N–H and O–H groups in total. The molecule has 0 bridgehead atoms. The fourth-order valence-corrected chi connectivity index (χ4v) is 6.49. The molecule has 7 rings (SSSR count). The van der Waals surface area contributed by atoms with E-state index in [2.05, 4.69) is 30.9 Å². The first-order valence-corrected chi connectivity index (χ1v) is 15.0. The number of halogens is 1. The van der Waals surface area contributed by atoms with Gasteiger partial charge in [-0.3, -0.25) is 4.90 Å². The second-order valence-electron chi connectivity index (χ2n) is 11.8. The van der Waals surface area contributed by atoms with Crippen molar-refractivity contribution in [1.29, 1.82) is 5.26 Å². The van der Waals surface area contributed by atoms with E-state index in [0.717, 1.165) is 60.9 Å². The zero-order valence-electron chi connectivity index (χ0n) is 24.7. The lowest BCUT2D eigenvalue weighted by atomic mass is 9.94. The molecule has 0 amide bonds. The van der Waals surface area contributed by atoms with Gasteiger partial charge in [0.1, 0.15) is 24.1 Å². The van der Waals surface area contributed by atoms with Gasteiger partial charge in [0.05, 0.1) is 53.3 Å². The van der Waals surface area contributed by atoms with Crippen LogP contribution in [-0.2, 0) is 31.7 Å². The van der Waals surface area contributed by atoms with Crippen LogP contribution >= 0.6 is 0 Å². The number of piperidine rings is 1. The molecule has 228 valence electrons. The lowest BCUT2D eigenvalue weighted by Gasteiger charge is -2.30. The van der Waals surface area contributed by atoms with E-state index in [-0.39, 0.29) is 23.1 Å². The molecule has 0 spiro atoms. The number of likely N-dealkylation sites (tertiary alicyclic amines) is 1. The number of benzene rings is 2. The summed E-state index contributed by atoms with van der Waals surface area (Å²) in [6, 6.07) is 13.0. The molecule has 4 heterocycles. The number of nitrogens with zero attached hydrogens (tertiary/aromatic N) is 8. The minimum atomic E-state index is -0.969. The Morgan fingerprint density at radius 3 is 2.87 bits per heavy atom. The molecule has 1 saturated carbocycles. The number of rotatable bonds is 10. The minimum Gasteiger partial charge on any atom is -0.478 e. The summed E-state index contributed by atoms with van der Waals surface area (Å²) in [6.45, 7) is 5.72. The normalized spacial score (nSPS) is 19.3. The molecule has 2 aromatic carbocycles. The van der Waals surface area contributed by atoms with Crippen LogP contribution in [0.2, 0.25) is 0 Å². The number of imidazole rings is 2. The minimum absolute atomic E-state index is 0.00615. The van der Waals surface area contributed by atoms with Crippen LogP contribution in [0.5, 0.6) is 5.88 Å².